The summed E-state index contributed by atoms with van der Waals surface area (Å²) in [6.45, 7) is -0.0740. The highest BCUT2D eigenvalue weighted by atomic mass is 32.2. The maximum absolute atomic E-state index is 12.6. The molecular weight excluding hydrogens is 744 g/mol. The summed E-state index contributed by atoms with van der Waals surface area (Å²) in [6.07, 6.45) is -6.42. The van der Waals surface area contributed by atoms with Crippen molar-refractivity contribution >= 4 is 29.6 Å². The molecule has 1 aliphatic carbocycles. The predicted molar refractivity (Wildman–Crippen MR) is 198 cm³/mol. The summed E-state index contributed by atoms with van der Waals surface area (Å²) in [4.78, 5) is 36.4. The Bertz CT molecular complexity index is 1260. The molecule has 4 saturated heterocycles. The predicted octanol–water partition coefficient (Wildman–Crippen LogP) is -4.74. The number of nitrogens with two attached hydrogens (primary N) is 4. The van der Waals surface area contributed by atoms with Gasteiger partial charge in [0.1, 0.15) is 42.7 Å². The van der Waals surface area contributed by atoms with Gasteiger partial charge >= 0.3 is 6.03 Å². The Hall–Kier alpha value is -1.96. The molecule has 0 aromatic carbocycles. The number of unbranched alkanes of at least 4 members (excludes halogenated alkanes) is 3. The van der Waals surface area contributed by atoms with Crippen LogP contribution in [0.5, 0.6) is 0 Å². The lowest BCUT2D eigenvalue weighted by Gasteiger charge is -2.47. The molecule has 4 heterocycles. The second-order valence-corrected chi connectivity index (χ2v) is 16.7. The van der Waals surface area contributed by atoms with Crippen molar-refractivity contribution in [2.24, 2.45) is 22.9 Å². The Morgan fingerprint density at radius 1 is 0.782 bits per heavy atom. The van der Waals surface area contributed by atoms with Crippen LogP contribution >= 0.6 is 11.8 Å². The van der Waals surface area contributed by atoms with Gasteiger partial charge in [-0.05, 0) is 38.5 Å². The molecule has 4 aliphatic heterocycles. The maximum Gasteiger partial charge on any atom is 0.315 e. The lowest BCUT2D eigenvalue weighted by atomic mass is 9.84. The summed E-state index contributed by atoms with van der Waals surface area (Å²) in [5.74, 6) is 0.699. The third kappa shape index (κ3) is 11.6. The molecule has 0 aromatic heterocycles. The van der Waals surface area contributed by atoms with Gasteiger partial charge in [0.2, 0.25) is 11.8 Å². The third-order valence-electron chi connectivity index (χ3n) is 11.2. The van der Waals surface area contributed by atoms with Crippen LogP contribution in [0.25, 0.3) is 0 Å². The van der Waals surface area contributed by atoms with Gasteiger partial charge in [-0.15, -0.1) is 0 Å². The topological polar surface area (TPSA) is 341 Å². The van der Waals surface area contributed by atoms with Crippen LogP contribution in [0.15, 0.2) is 0 Å². The number of nitrogens with one attached hydrogen (secondary N) is 4. The first-order valence-electron chi connectivity index (χ1n) is 19.5. The Kier molecular flexibility index (Phi) is 16.6. The first-order valence-corrected chi connectivity index (χ1v) is 20.5. The van der Waals surface area contributed by atoms with Crippen LogP contribution < -0.4 is 44.2 Å². The summed E-state index contributed by atoms with van der Waals surface area (Å²) in [5.41, 5.74) is 24.7. The smallest absolute Gasteiger partial charge is 0.315 e. The van der Waals surface area contributed by atoms with Crippen molar-refractivity contribution < 1.29 is 58.9 Å². The first-order chi connectivity index (χ1) is 26.3. The van der Waals surface area contributed by atoms with Gasteiger partial charge < -0.3 is 88.7 Å². The second-order valence-electron chi connectivity index (χ2n) is 15.4. The van der Waals surface area contributed by atoms with E-state index in [-0.39, 0.29) is 55.7 Å². The van der Waals surface area contributed by atoms with Crippen molar-refractivity contribution in [2.75, 3.05) is 25.4 Å². The fourth-order valence-electron chi connectivity index (χ4n) is 7.88. The van der Waals surface area contributed by atoms with E-state index in [0.717, 1.165) is 37.9 Å². The van der Waals surface area contributed by atoms with E-state index in [2.05, 4.69) is 21.3 Å². The highest BCUT2D eigenvalue weighted by molar-refractivity contribution is 8.00. The Morgan fingerprint density at radius 2 is 1.44 bits per heavy atom. The van der Waals surface area contributed by atoms with Crippen molar-refractivity contribution in [1.29, 1.82) is 0 Å². The average Bonchev–Trinajstić information content (AvgIpc) is 3.70. The lowest BCUT2D eigenvalue weighted by molar-refractivity contribution is -0.315. The molecule has 0 radical (unpaired) electrons. The highest BCUT2D eigenvalue weighted by Crippen LogP contribution is 2.34. The van der Waals surface area contributed by atoms with E-state index in [1.165, 1.54) is 0 Å². The summed E-state index contributed by atoms with van der Waals surface area (Å²) >= 11 is 1.87. The molecule has 0 bridgehead atoms. The molecule has 316 valence electrons. The molecule has 17 atom stereocenters. The van der Waals surface area contributed by atoms with Crippen LogP contribution in [0.3, 0.4) is 0 Å². The monoisotopic (exact) mass is 806 g/mol. The Labute approximate surface area is 324 Å². The number of thioether (sulfide) groups is 1. The van der Waals surface area contributed by atoms with Crippen molar-refractivity contribution in [2.45, 2.75) is 167 Å². The minimum atomic E-state index is -1.49. The number of carbonyl (C=O) groups excluding carboxylic acids is 3. The van der Waals surface area contributed by atoms with E-state index in [4.69, 9.17) is 41.9 Å². The standard InChI is InChI=1S/C34H62N8O12S/c35-15-10-16(36)31(54-33-28(48)25(38)27(47)21(13-43)52-33)29(49)30(15)53-32-17(37)11-19(44)20(51-32)12-40-24(46)7-2-1-5-9-39-23(45)8-4-3-6-22-26-18(14-55-22)41-34(50)42-26/h15-22,25-33,43-44,47-49H,1-14,35-38H2,(H,39,45)(H,40,46)(H2,41,42,50)/t15?,16-,17?,18?,19+,20?,21?,22+,25?,26?,27-,28?,29?,30-,31?,32-,33-/m1/s1. The molecule has 0 spiro atoms. The summed E-state index contributed by atoms with van der Waals surface area (Å²) in [7, 11) is 0. The van der Waals surface area contributed by atoms with Gasteiger partial charge in [-0.3, -0.25) is 9.59 Å². The van der Waals surface area contributed by atoms with Crippen molar-refractivity contribution in [1.82, 2.24) is 21.3 Å². The fraction of sp³-hybridized carbons (Fsp3) is 0.912. The van der Waals surface area contributed by atoms with Crippen molar-refractivity contribution in [3.63, 3.8) is 0 Å². The van der Waals surface area contributed by atoms with Crippen LogP contribution in [0.4, 0.5) is 4.79 Å². The average molecular weight is 807 g/mol. The second kappa shape index (κ2) is 20.6. The Morgan fingerprint density at radius 3 is 2.15 bits per heavy atom. The number of aliphatic hydroxyl groups is 5. The molecule has 0 aromatic rings. The molecule has 4 amide bonds. The zero-order chi connectivity index (χ0) is 39.8. The number of urea groups is 1. The summed E-state index contributed by atoms with van der Waals surface area (Å²) in [6, 6.07) is -3.30. The molecule has 20 nitrogen and oxygen atoms in total. The number of amides is 4. The number of hydrogen-bond donors (Lipinski definition) is 13. The molecule has 17 N–H and O–H groups in total. The Balaban J connectivity index is 0.963. The lowest BCUT2D eigenvalue weighted by Crippen LogP contribution is -2.68. The minimum absolute atomic E-state index is 0.00724. The molecule has 55 heavy (non-hydrogen) atoms. The van der Waals surface area contributed by atoms with Gasteiger partial charge in [0.15, 0.2) is 12.6 Å². The SMILES string of the molecule is NC1C[C@H](O)C(CNC(=O)CCCCCNC(=O)CCCC[C@@H]2SCC3NC(=O)NC32)O[C@@H]1O[C@@H]1C(N)C[C@@H](N)C(O[C@H]2OC(CO)[C@@H](O)C(N)C2O)C1O. The van der Waals surface area contributed by atoms with Gasteiger partial charge in [0.25, 0.3) is 0 Å². The highest BCUT2D eigenvalue weighted by Gasteiger charge is 2.50. The first kappa shape index (κ1) is 44.1. The van der Waals surface area contributed by atoms with E-state index in [1.54, 1.807) is 0 Å². The third-order valence-corrected chi connectivity index (χ3v) is 12.7. The van der Waals surface area contributed by atoms with E-state index >= 15 is 0 Å². The van der Waals surface area contributed by atoms with Gasteiger partial charge in [-0.2, -0.15) is 11.8 Å². The van der Waals surface area contributed by atoms with Crippen molar-refractivity contribution in [3.8, 4) is 0 Å². The van der Waals surface area contributed by atoms with Gasteiger partial charge in [-0.1, -0.05) is 12.8 Å². The molecule has 1 saturated carbocycles. The summed E-state index contributed by atoms with van der Waals surface area (Å²) in [5, 5.41) is 64.3. The van der Waals surface area contributed by atoms with Crippen molar-refractivity contribution in [3.05, 3.63) is 0 Å². The van der Waals surface area contributed by atoms with Gasteiger partial charge in [0, 0.05) is 49.0 Å². The van der Waals surface area contributed by atoms with Gasteiger partial charge in [-0.25, -0.2) is 4.79 Å². The van der Waals surface area contributed by atoms with Crippen LogP contribution in [-0.2, 0) is 28.5 Å². The normalized spacial score (nSPS) is 41.6. The number of carbonyl (C=O) groups is 3. The molecule has 21 heteroatoms. The number of hydrogen-bond acceptors (Lipinski definition) is 17. The van der Waals surface area contributed by atoms with Crippen LogP contribution in [0, 0.1) is 0 Å². The number of aliphatic hydroxyl groups excluding tert-OH is 5. The largest absolute Gasteiger partial charge is 0.394 e. The van der Waals surface area contributed by atoms with Gasteiger partial charge in [0.05, 0.1) is 36.9 Å². The maximum atomic E-state index is 12.6. The minimum Gasteiger partial charge on any atom is -0.394 e. The fourth-order valence-corrected chi connectivity index (χ4v) is 9.42. The quantitative estimate of drug-likeness (QED) is 0.0457. The molecule has 5 rings (SSSR count). The number of ether oxygens (including phenoxy) is 4. The zero-order valence-electron chi connectivity index (χ0n) is 31.0. The van der Waals surface area contributed by atoms with E-state index in [1.807, 2.05) is 11.8 Å². The van der Waals surface area contributed by atoms with Crippen LogP contribution in [0.1, 0.15) is 64.2 Å². The van der Waals surface area contributed by atoms with Crippen LogP contribution in [-0.4, -0.2) is 172 Å². The van der Waals surface area contributed by atoms with E-state index in [9.17, 15) is 39.9 Å². The number of fused-ring (bicyclic) bond motifs is 1. The van der Waals surface area contributed by atoms with Crippen LogP contribution in [0.2, 0.25) is 0 Å². The molecular formula is C34H62N8O12S. The van der Waals surface area contributed by atoms with E-state index < -0.39 is 92.2 Å². The molecule has 10 unspecified atom stereocenters. The molecule has 5 aliphatic rings. The number of rotatable bonds is 18. The summed E-state index contributed by atoms with van der Waals surface area (Å²) < 4.78 is 23.4. The zero-order valence-corrected chi connectivity index (χ0v) is 31.8. The molecule has 5 fully saturated rings. The van der Waals surface area contributed by atoms with E-state index in [0.29, 0.717) is 24.6 Å².